The van der Waals surface area contributed by atoms with Crippen LogP contribution in [0, 0.1) is 0 Å². The van der Waals surface area contributed by atoms with Gasteiger partial charge in [0.1, 0.15) is 0 Å². The minimum atomic E-state index is 0.0139. The minimum absolute atomic E-state index is 0.0139. The largest absolute Gasteiger partial charge is 0.335 e. The Morgan fingerprint density at radius 1 is 0.757 bits per heavy atom. The van der Waals surface area contributed by atoms with Crippen LogP contribution >= 0.6 is 11.3 Å². The van der Waals surface area contributed by atoms with Crippen molar-refractivity contribution in [3.63, 3.8) is 0 Å². The highest BCUT2D eigenvalue weighted by Gasteiger charge is 2.37. The van der Waals surface area contributed by atoms with Gasteiger partial charge in [0.05, 0.1) is 0 Å². The normalized spacial score (nSPS) is 18.3. The predicted molar refractivity (Wildman–Crippen MR) is 141 cm³/mol. The van der Waals surface area contributed by atoms with Crippen molar-refractivity contribution >= 4 is 29.1 Å². The van der Waals surface area contributed by atoms with Crippen molar-refractivity contribution in [2.75, 3.05) is 45.8 Å². The molecule has 2 saturated heterocycles. The van der Waals surface area contributed by atoms with Gasteiger partial charge in [-0.3, -0.25) is 19.3 Å². The van der Waals surface area contributed by atoms with E-state index in [1.54, 1.807) is 6.20 Å². The fourth-order valence-electron chi connectivity index (χ4n) is 5.41. The van der Waals surface area contributed by atoms with Crippen LogP contribution in [0.5, 0.6) is 0 Å². The maximum absolute atomic E-state index is 13.2. The molecule has 190 valence electrons. The van der Waals surface area contributed by atoms with Gasteiger partial charge < -0.3 is 14.7 Å². The lowest BCUT2D eigenvalue weighted by molar-refractivity contribution is 0.00851. The molecular formula is C28H29N5O3S. The lowest BCUT2D eigenvalue weighted by atomic mass is 9.95. The Morgan fingerprint density at radius 3 is 2.24 bits per heavy atom. The SMILES string of the molecule is O=C(c1ccccc1)N1CCc2cc(C(=O)N3CC(N4CCN(C(=O)c5nccs5)CC4)C3)ccc2C1. The molecule has 2 fully saturated rings. The molecule has 0 bridgehead atoms. The molecule has 2 aromatic carbocycles. The smallest absolute Gasteiger partial charge is 0.282 e. The van der Waals surface area contributed by atoms with Gasteiger partial charge in [-0.1, -0.05) is 24.3 Å². The van der Waals surface area contributed by atoms with Crippen molar-refractivity contribution < 1.29 is 14.4 Å². The fraction of sp³-hybridized carbons (Fsp3) is 0.357. The molecule has 0 N–H and O–H groups in total. The van der Waals surface area contributed by atoms with Gasteiger partial charge in [0.15, 0.2) is 5.01 Å². The van der Waals surface area contributed by atoms with E-state index in [9.17, 15) is 14.4 Å². The summed E-state index contributed by atoms with van der Waals surface area (Å²) < 4.78 is 0. The van der Waals surface area contributed by atoms with E-state index in [0.717, 1.165) is 49.3 Å². The van der Waals surface area contributed by atoms with Crippen LogP contribution in [0.25, 0.3) is 0 Å². The first-order valence-electron chi connectivity index (χ1n) is 12.7. The van der Waals surface area contributed by atoms with Crippen LogP contribution in [-0.2, 0) is 13.0 Å². The van der Waals surface area contributed by atoms with Crippen LogP contribution in [-0.4, -0.2) is 94.2 Å². The van der Waals surface area contributed by atoms with Gasteiger partial charge in [0.2, 0.25) is 0 Å². The zero-order chi connectivity index (χ0) is 25.4. The minimum Gasteiger partial charge on any atom is -0.335 e. The summed E-state index contributed by atoms with van der Waals surface area (Å²) in [5.74, 6) is 0.130. The molecule has 9 heteroatoms. The third-order valence-corrected chi connectivity index (χ3v) is 8.42. The quantitative estimate of drug-likeness (QED) is 0.534. The van der Waals surface area contributed by atoms with E-state index < -0.39 is 0 Å². The molecule has 0 aliphatic carbocycles. The van der Waals surface area contributed by atoms with Gasteiger partial charge in [-0.15, -0.1) is 11.3 Å². The third kappa shape index (κ3) is 4.76. The van der Waals surface area contributed by atoms with Crippen molar-refractivity contribution in [1.82, 2.24) is 24.6 Å². The summed E-state index contributed by atoms with van der Waals surface area (Å²) in [6, 6.07) is 15.6. The van der Waals surface area contributed by atoms with Gasteiger partial charge in [-0.2, -0.15) is 0 Å². The summed E-state index contributed by atoms with van der Waals surface area (Å²) in [4.78, 5) is 50.7. The molecule has 0 saturated carbocycles. The molecule has 4 heterocycles. The Bertz CT molecular complexity index is 1300. The number of amides is 3. The number of fused-ring (bicyclic) bond motifs is 1. The first kappa shape index (κ1) is 23.8. The Morgan fingerprint density at radius 2 is 1.51 bits per heavy atom. The molecule has 0 unspecified atom stereocenters. The number of likely N-dealkylation sites (tertiary alicyclic amines) is 1. The Labute approximate surface area is 220 Å². The standard InChI is InChI=1S/C28H29N5O3S/c34-26(20-4-2-1-3-5-20)32-10-8-21-16-22(6-7-23(21)17-32)27(35)33-18-24(19-33)30-11-13-31(14-12-30)28(36)25-29-9-15-37-25/h1-7,9,15-16,24H,8,10-14,17-19H2. The monoisotopic (exact) mass is 515 g/mol. The first-order chi connectivity index (χ1) is 18.1. The number of rotatable bonds is 4. The topological polar surface area (TPSA) is 77.1 Å². The summed E-state index contributed by atoms with van der Waals surface area (Å²) in [5.41, 5.74) is 3.69. The third-order valence-electron chi connectivity index (χ3n) is 7.66. The Hall–Kier alpha value is -3.56. The highest BCUT2D eigenvalue weighted by molar-refractivity contribution is 7.11. The average molecular weight is 516 g/mol. The number of hydrogen-bond donors (Lipinski definition) is 0. The van der Waals surface area contributed by atoms with Gasteiger partial charge in [-0.05, 0) is 41.8 Å². The van der Waals surface area contributed by atoms with Crippen molar-refractivity contribution in [2.45, 2.75) is 19.0 Å². The van der Waals surface area contributed by atoms with Crippen LogP contribution in [0.2, 0.25) is 0 Å². The number of hydrogen-bond acceptors (Lipinski definition) is 6. The highest BCUT2D eigenvalue weighted by Crippen LogP contribution is 2.25. The maximum atomic E-state index is 13.2. The number of thiazole rings is 1. The van der Waals surface area contributed by atoms with Gasteiger partial charge in [0, 0.05) is 81.1 Å². The van der Waals surface area contributed by atoms with E-state index in [4.69, 9.17) is 0 Å². The lowest BCUT2D eigenvalue weighted by Gasteiger charge is -2.48. The molecule has 3 amide bonds. The van der Waals surface area contributed by atoms with Crippen molar-refractivity contribution in [1.29, 1.82) is 0 Å². The second-order valence-electron chi connectivity index (χ2n) is 9.86. The van der Waals surface area contributed by atoms with Crippen LogP contribution in [0.3, 0.4) is 0 Å². The van der Waals surface area contributed by atoms with Gasteiger partial charge in [0.25, 0.3) is 17.7 Å². The molecule has 0 radical (unpaired) electrons. The summed E-state index contributed by atoms with van der Waals surface area (Å²) >= 11 is 1.38. The number of aromatic nitrogens is 1. The lowest BCUT2D eigenvalue weighted by Crippen LogP contribution is -2.64. The Balaban J connectivity index is 1.01. The highest BCUT2D eigenvalue weighted by atomic mass is 32.1. The molecule has 0 atom stereocenters. The first-order valence-corrected chi connectivity index (χ1v) is 13.6. The van der Waals surface area contributed by atoms with Gasteiger partial charge >= 0.3 is 0 Å². The number of piperazine rings is 1. The van der Waals surface area contributed by atoms with E-state index in [0.29, 0.717) is 42.8 Å². The van der Waals surface area contributed by atoms with Gasteiger partial charge in [-0.25, -0.2) is 4.98 Å². The molecule has 0 spiro atoms. The van der Waals surface area contributed by atoms with E-state index in [1.807, 2.05) is 68.6 Å². The van der Waals surface area contributed by atoms with Crippen molar-refractivity contribution in [3.8, 4) is 0 Å². The maximum Gasteiger partial charge on any atom is 0.282 e. The Kier molecular flexibility index (Phi) is 6.48. The van der Waals surface area contributed by atoms with E-state index in [1.165, 1.54) is 11.3 Å². The summed E-state index contributed by atoms with van der Waals surface area (Å²) in [5, 5.41) is 2.38. The second-order valence-corrected chi connectivity index (χ2v) is 10.8. The number of carbonyl (C=O) groups excluding carboxylic acids is 3. The molecule has 37 heavy (non-hydrogen) atoms. The number of nitrogens with zero attached hydrogens (tertiary/aromatic N) is 5. The molecule has 3 aromatic rings. The molecule has 8 nitrogen and oxygen atoms in total. The van der Waals surface area contributed by atoms with Crippen LogP contribution < -0.4 is 0 Å². The molecule has 3 aliphatic rings. The van der Waals surface area contributed by atoms with Crippen molar-refractivity contribution in [2.24, 2.45) is 0 Å². The number of carbonyl (C=O) groups is 3. The zero-order valence-electron chi connectivity index (χ0n) is 20.6. The molecule has 1 aromatic heterocycles. The summed E-state index contributed by atoms with van der Waals surface area (Å²) in [7, 11) is 0. The average Bonchev–Trinajstić information content (AvgIpc) is 3.47. The van der Waals surface area contributed by atoms with E-state index in [-0.39, 0.29) is 17.7 Å². The van der Waals surface area contributed by atoms with Crippen LogP contribution in [0.4, 0.5) is 0 Å². The van der Waals surface area contributed by atoms with Crippen LogP contribution in [0.15, 0.2) is 60.1 Å². The molecule has 3 aliphatic heterocycles. The van der Waals surface area contributed by atoms with E-state index in [2.05, 4.69) is 9.88 Å². The summed E-state index contributed by atoms with van der Waals surface area (Å²) in [6.07, 6.45) is 2.42. The fourth-order valence-corrected chi connectivity index (χ4v) is 6.01. The second kappa shape index (κ2) is 10.1. The molecular weight excluding hydrogens is 486 g/mol. The van der Waals surface area contributed by atoms with E-state index >= 15 is 0 Å². The summed E-state index contributed by atoms with van der Waals surface area (Å²) in [6.45, 7) is 5.68. The van der Waals surface area contributed by atoms with Crippen LogP contribution in [0.1, 0.15) is 41.6 Å². The van der Waals surface area contributed by atoms with Crippen molar-refractivity contribution in [3.05, 3.63) is 87.4 Å². The predicted octanol–water partition coefficient (Wildman–Crippen LogP) is 2.62. The number of benzene rings is 2. The zero-order valence-corrected chi connectivity index (χ0v) is 21.4. The molecule has 6 rings (SSSR count).